The van der Waals surface area contributed by atoms with Gasteiger partial charge in [-0.3, -0.25) is 4.79 Å². The summed E-state index contributed by atoms with van der Waals surface area (Å²) in [5, 5.41) is 5.09. The Labute approximate surface area is 221 Å². The second-order valence-corrected chi connectivity index (χ2v) is 10.4. The topological polar surface area (TPSA) is 121 Å². The number of nitrogens with zero attached hydrogens (tertiary/aromatic N) is 3. The summed E-state index contributed by atoms with van der Waals surface area (Å²) in [5.41, 5.74) is 10.5. The van der Waals surface area contributed by atoms with E-state index in [1.807, 2.05) is 6.92 Å². The van der Waals surface area contributed by atoms with Gasteiger partial charge < -0.3 is 25.3 Å². The molecule has 0 radical (unpaired) electrons. The fourth-order valence-corrected chi connectivity index (χ4v) is 5.11. The van der Waals surface area contributed by atoms with Crippen molar-refractivity contribution >= 4 is 23.1 Å². The molecule has 3 N–H and O–H groups in total. The third kappa shape index (κ3) is 5.60. The number of aromatic nitrogens is 3. The number of anilines is 1. The van der Waals surface area contributed by atoms with Crippen LogP contribution in [0.2, 0.25) is 0 Å². The van der Waals surface area contributed by atoms with E-state index >= 15 is 0 Å². The third-order valence-electron chi connectivity index (χ3n) is 6.52. The molecule has 0 spiro atoms. The van der Waals surface area contributed by atoms with Gasteiger partial charge in [0.1, 0.15) is 11.4 Å². The van der Waals surface area contributed by atoms with Crippen LogP contribution in [0.5, 0.6) is 22.7 Å². The predicted molar refractivity (Wildman–Crippen MR) is 145 cm³/mol. The van der Waals surface area contributed by atoms with Crippen molar-refractivity contribution in [2.75, 3.05) is 32.6 Å². The van der Waals surface area contributed by atoms with Gasteiger partial charge in [0.05, 0.1) is 19.8 Å². The molecule has 0 atom stereocenters. The molecular formula is C27H33N5O4S. The van der Waals surface area contributed by atoms with Crippen molar-refractivity contribution in [3.8, 4) is 22.7 Å². The van der Waals surface area contributed by atoms with Gasteiger partial charge in [-0.2, -0.15) is 15.0 Å². The number of ketones is 1. The Morgan fingerprint density at radius 3 is 2.54 bits per heavy atom. The number of ether oxygens (including phenoxy) is 3. The number of rotatable bonds is 11. The minimum atomic E-state index is -0.299. The maximum Gasteiger partial charge on any atom is 0.279 e. The fraction of sp³-hybridized carbons (Fsp3) is 0.407. The highest BCUT2D eigenvalue weighted by Crippen LogP contribution is 2.42. The summed E-state index contributed by atoms with van der Waals surface area (Å²) in [6, 6.07) is 4.31. The summed E-state index contributed by atoms with van der Waals surface area (Å²) in [6.45, 7) is 11.4. The number of benzene rings is 1. The van der Waals surface area contributed by atoms with Crippen LogP contribution in [-0.4, -0.2) is 48.0 Å². The zero-order valence-corrected chi connectivity index (χ0v) is 22.8. The van der Waals surface area contributed by atoms with Crippen molar-refractivity contribution in [2.45, 2.75) is 45.4 Å². The second-order valence-electron chi connectivity index (χ2n) is 9.63. The molecule has 0 bridgehead atoms. The first-order valence-corrected chi connectivity index (χ1v) is 13.0. The normalized spacial score (nSPS) is 13.7. The van der Waals surface area contributed by atoms with E-state index in [4.69, 9.17) is 19.9 Å². The number of hydrogen-bond donors (Lipinski definition) is 2. The maximum absolute atomic E-state index is 13.2. The van der Waals surface area contributed by atoms with E-state index in [-0.39, 0.29) is 35.1 Å². The highest BCUT2D eigenvalue weighted by molar-refractivity contribution is 7.11. The van der Waals surface area contributed by atoms with Crippen LogP contribution in [0.25, 0.3) is 0 Å². The monoisotopic (exact) mass is 523 g/mol. The zero-order chi connectivity index (χ0) is 26.7. The first kappa shape index (κ1) is 26.6. The number of hydrogen-bond acceptors (Lipinski definition) is 10. The summed E-state index contributed by atoms with van der Waals surface area (Å²) in [7, 11) is 2.99. The van der Waals surface area contributed by atoms with Gasteiger partial charge in [0.25, 0.3) is 5.19 Å². The predicted octanol–water partition coefficient (Wildman–Crippen LogP) is 4.63. The van der Waals surface area contributed by atoms with E-state index in [1.165, 1.54) is 36.7 Å². The van der Waals surface area contributed by atoms with Gasteiger partial charge in [-0.1, -0.05) is 37.8 Å². The minimum absolute atomic E-state index is 0.118. The van der Waals surface area contributed by atoms with E-state index in [0.717, 1.165) is 24.2 Å². The Kier molecular flexibility index (Phi) is 7.79. The van der Waals surface area contributed by atoms with Gasteiger partial charge in [0.15, 0.2) is 0 Å². The van der Waals surface area contributed by atoms with Crippen molar-refractivity contribution in [2.24, 2.45) is 5.73 Å². The molecule has 2 aromatic heterocycles. The first-order chi connectivity index (χ1) is 17.7. The van der Waals surface area contributed by atoms with Crippen molar-refractivity contribution < 1.29 is 19.0 Å². The van der Waals surface area contributed by atoms with Gasteiger partial charge in [0.2, 0.25) is 23.5 Å². The van der Waals surface area contributed by atoms with Crippen LogP contribution in [0, 0.1) is 6.92 Å². The summed E-state index contributed by atoms with van der Waals surface area (Å²) in [4.78, 5) is 26.3. The Morgan fingerprint density at radius 2 is 1.89 bits per heavy atom. The number of allylic oxidation sites excluding steroid dienone is 1. The van der Waals surface area contributed by atoms with Crippen molar-refractivity contribution in [3.63, 3.8) is 0 Å². The first-order valence-electron chi connectivity index (χ1n) is 12.1. The molecule has 0 aliphatic heterocycles. The van der Waals surface area contributed by atoms with Crippen LogP contribution in [0.3, 0.4) is 0 Å². The van der Waals surface area contributed by atoms with Crippen LogP contribution in [0.1, 0.15) is 53.0 Å². The lowest BCUT2D eigenvalue weighted by molar-refractivity contribution is 0.102. The molecule has 37 heavy (non-hydrogen) atoms. The Balaban J connectivity index is 1.50. The highest BCUT2D eigenvalue weighted by Gasteiger charge is 2.31. The third-order valence-corrected chi connectivity index (χ3v) is 7.24. The molecule has 0 fully saturated rings. The number of methoxy groups -OCH3 is 2. The molecule has 4 rings (SSSR count). The molecular weight excluding hydrogens is 490 g/mol. The number of fused-ring (bicyclic) bond motifs is 1. The number of nitrogens with one attached hydrogen (secondary N) is 1. The smallest absolute Gasteiger partial charge is 0.279 e. The van der Waals surface area contributed by atoms with Crippen molar-refractivity contribution in [1.29, 1.82) is 0 Å². The lowest BCUT2D eigenvalue weighted by Crippen LogP contribution is -2.16. The standard InChI is InChI=1S/C27H33N5O4S/c1-15-11-17-7-8-27(3,4)19(17)13-21(15)36-26-30-20(14-37-26)22(33)16(2)12-18-23(34-5)31-25(29-10-9-28)32-24(18)35-6/h11,13-14H,2,7-10,12,28H2,1,3-6H3,(H,29,31,32). The lowest BCUT2D eigenvalue weighted by Gasteiger charge is -2.20. The molecule has 9 nitrogen and oxygen atoms in total. The molecule has 0 unspecified atom stereocenters. The van der Waals surface area contributed by atoms with E-state index in [2.05, 4.69) is 52.8 Å². The summed E-state index contributed by atoms with van der Waals surface area (Å²) in [5.74, 6) is 1.37. The van der Waals surface area contributed by atoms with Gasteiger partial charge in [0, 0.05) is 24.9 Å². The summed E-state index contributed by atoms with van der Waals surface area (Å²) < 4.78 is 17.0. The number of thiazole rings is 1. The SMILES string of the molecule is C=C(Cc1c(OC)nc(NCCN)nc1OC)C(=O)c1csc(Oc2cc3c(cc2C)CCC3(C)C)n1. The van der Waals surface area contributed by atoms with E-state index in [1.54, 1.807) is 5.38 Å². The minimum Gasteiger partial charge on any atom is -0.481 e. The number of aryl methyl sites for hydroxylation is 2. The average molecular weight is 524 g/mol. The molecule has 1 aliphatic carbocycles. The van der Waals surface area contributed by atoms with E-state index < -0.39 is 0 Å². The number of nitrogens with two attached hydrogens (primary N) is 1. The van der Waals surface area contributed by atoms with Crippen LogP contribution in [0.15, 0.2) is 29.7 Å². The Morgan fingerprint density at radius 1 is 1.19 bits per heavy atom. The molecule has 0 amide bonds. The van der Waals surface area contributed by atoms with Crippen LogP contribution < -0.4 is 25.3 Å². The molecule has 0 saturated carbocycles. The number of carbonyl (C=O) groups excluding carboxylic acids is 1. The molecule has 10 heteroatoms. The van der Waals surface area contributed by atoms with Crippen LogP contribution >= 0.6 is 11.3 Å². The summed E-state index contributed by atoms with van der Waals surface area (Å²) >= 11 is 1.28. The number of Topliss-reactive ketones (excluding diaryl/α,β-unsaturated/α-hetero) is 1. The Bertz CT molecular complexity index is 1310. The maximum atomic E-state index is 13.2. The molecule has 0 saturated heterocycles. The fourth-order valence-electron chi connectivity index (χ4n) is 4.45. The van der Waals surface area contributed by atoms with Crippen molar-refractivity contribution in [3.05, 3.63) is 57.6 Å². The zero-order valence-electron chi connectivity index (χ0n) is 21.9. The highest BCUT2D eigenvalue weighted by atomic mass is 32.1. The van der Waals surface area contributed by atoms with E-state index in [9.17, 15) is 4.79 Å². The largest absolute Gasteiger partial charge is 0.481 e. The van der Waals surface area contributed by atoms with Gasteiger partial charge in [-0.15, -0.1) is 0 Å². The van der Waals surface area contributed by atoms with Crippen LogP contribution in [0.4, 0.5) is 5.95 Å². The van der Waals surface area contributed by atoms with Gasteiger partial charge in [-0.05, 0) is 53.5 Å². The van der Waals surface area contributed by atoms with E-state index in [0.29, 0.717) is 35.4 Å². The second kappa shape index (κ2) is 10.9. The molecule has 196 valence electrons. The average Bonchev–Trinajstić information content (AvgIpc) is 3.46. The quantitative estimate of drug-likeness (QED) is 0.274. The molecule has 1 aliphatic rings. The summed E-state index contributed by atoms with van der Waals surface area (Å²) in [6.07, 6.45) is 2.33. The van der Waals surface area contributed by atoms with Gasteiger partial charge in [-0.25, -0.2) is 0 Å². The molecule has 2 heterocycles. The van der Waals surface area contributed by atoms with Crippen molar-refractivity contribution in [1.82, 2.24) is 15.0 Å². The Hall–Kier alpha value is -3.50. The van der Waals surface area contributed by atoms with Gasteiger partial charge >= 0.3 is 0 Å². The van der Waals surface area contributed by atoms with Crippen LogP contribution in [-0.2, 0) is 18.3 Å². The number of carbonyl (C=O) groups is 1. The molecule has 1 aromatic carbocycles. The molecule has 3 aromatic rings. The lowest BCUT2D eigenvalue weighted by atomic mass is 9.86.